The molecule has 0 atom stereocenters. The zero-order valence-corrected chi connectivity index (χ0v) is 17.5. The van der Waals surface area contributed by atoms with E-state index in [9.17, 15) is 5.11 Å². The number of aliphatic hydroxyl groups is 1. The van der Waals surface area contributed by atoms with E-state index in [4.69, 9.17) is 0 Å². The highest BCUT2D eigenvalue weighted by molar-refractivity contribution is 5.54. The number of hydrogen-bond donors (Lipinski definition) is 1. The lowest BCUT2D eigenvalue weighted by Gasteiger charge is -2.18. The van der Waals surface area contributed by atoms with Gasteiger partial charge in [0.25, 0.3) is 0 Å². The Morgan fingerprint density at radius 2 is 1.03 bits per heavy atom. The molecule has 0 saturated carbocycles. The van der Waals surface area contributed by atoms with Crippen LogP contribution in [0.2, 0.25) is 0 Å². The van der Waals surface area contributed by atoms with Crippen molar-refractivity contribution in [1.82, 2.24) is 0 Å². The molecule has 0 amide bonds. The Balaban J connectivity index is 2.15. The van der Waals surface area contributed by atoms with E-state index >= 15 is 0 Å². The van der Waals surface area contributed by atoms with Crippen LogP contribution in [0.4, 0.5) is 0 Å². The molecule has 0 aromatic heterocycles. The van der Waals surface area contributed by atoms with E-state index in [1.807, 2.05) is 84.9 Å². The fourth-order valence-electron chi connectivity index (χ4n) is 2.70. The van der Waals surface area contributed by atoms with Gasteiger partial charge in [0.2, 0.25) is 5.60 Å². The van der Waals surface area contributed by atoms with E-state index in [0.717, 1.165) is 16.7 Å². The largest absolute Gasteiger partial charge is 0.363 e. The van der Waals surface area contributed by atoms with Gasteiger partial charge in [0.15, 0.2) is 0 Å². The molecule has 0 spiro atoms. The van der Waals surface area contributed by atoms with Crippen molar-refractivity contribution in [3.05, 3.63) is 107 Å². The summed E-state index contributed by atoms with van der Waals surface area (Å²) in [5.74, 6) is 18.6. The highest BCUT2D eigenvalue weighted by Crippen LogP contribution is 2.24. The first-order valence-corrected chi connectivity index (χ1v) is 9.87. The maximum atomic E-state index is 11.6. The van der Waals surface area contributed by atoms with E-state index in [1.165, 1.54) is 0 Å². The summed E-state index contributed by atoms with van der Waals surface area (Å²) in [6.45, 7) is 6.16. The van der Waals surface area contributed by atoms with Crippen molar-refractivity contribution in [2.45, 2.75) is 26.4 Å². The van der Waals surface area contributed by atoms with Gasteiger partial charge in [0.05, 0.1) is 0 Å². The normalized spacial score (nSPS) is 10.5. The Labute approximate surface area is 179 Å². The molecular formula is C29H24O. The minimum atomic E-state index is -1.66. The lowest BCUT2D eigenvalue weighted by Crippen LogP contribution is -2.23. The average Bonchev–Trinajstić information content (AvgIpc) is 2.76. The van der Waals surface area contributed by atoms with Crippen LogP contribution >= 0.6 is 0 Å². The Morgan fingerprint density at radius 3 is 1.53 bits per heavy atom. The zero-order valence-electron chi connectivity index (χ0n) is 17.5. The second-order valence-electron chi connectivity index (χ2n) is 7.99. The molecule has 0 unspecified atom stereocenters. The van der Waals surface area contributed by atoms with Crippen LogP contribution in [0.15, 0.2) is 84.9 Å². The fraction of sp³-hybridized carbons (Fsp3) is 0.172. The van der Waals surface area contributed by atoms with E-state index in [1.54, 1.807) is 0 Å². The van der Waals surface area contributed by atoms with Crippen molar-refractivity contribution in [2.75, 3.05) is 0 Å². The van der Waals surface area contributed by atoms with Crippen LogP contribution in [-0.4, -0.2) is 5.11 Å². The Kier molecular flexibility index (Phi) is 6.45. The molecule has 0 aliphatic heterocycles. The third-order valence-corrected chi connectivity index (χ3v) is 4.21. The second-order valence-corrected chi connectivity index (χ2v) is 7.99. The Morgan fingerprint density at radius 1 is 0.567 bits per heavy atom. The molecule has 3 aromatic carbocycles. The van der Waals surface area contributed by atoms with Crippen molar-refractivity contribution in [3.8, 4) is 35.5 Å². The van der Waals surface area contributed by atoms with Crippen LogP contribution in [0, 0.1) is 40.9 Å². The summed E-state index contributed by atoms with van der Waals surface area (Å²) in [6, 6.07) is 26.7. The predicted octanol–water partition coefficient (Wildman–Crippen LogP) is 5.38. The van der Waals surface area contributed by atoms with Crippen molar-refractivity contribution in [3.63, 3.8) is 0 Å². The maximum absolute atomic E-state index is 11.6. The Bertz CT molecular complexity index is 1120. The van der Waals surface area contributed by atoms with E-state index < -0.39 is 5.60 Å². The van der Waals surface area contributed by atoms with Crippen LogP contribution in [0.25, 0.3) is 0 Å². The first kappa shape index (κ1) is 21.0. The van der Waals surface area contributed by atoms with Gasteiger partial charge in [0.1, 0.15) is 0 Å². The van der Waals surface area contributed by atoms with E-state index in [-0.39, 0.29) is 5.41 Å². The number of rotatable bonds is 1. The first-order valence-electron chi connectivity index (χ1n) is 9.87. The highest BCUT2D eigenvalue weighted by atomic mass is 16.3. The predicted molar refractivity (Wildman–Crippen MR) is 123 cm³/mol. The summed E-state index contributed by atoms with van der Waals surface area (Å²) in [5, 5.41) is 11.6. The summed E-state index contributed by atoms with van der Waals surface area (Å²) < 4.78 is 0. The molecular weight excluding hydrogens is 364 g/mol. The highest BCUT2D eigenvalue weighted by Gasteiger charge is 2.27. The molecule has 3 rings (SSSR count). The SMILES string of the molecule is CC(C)(C)C#Cc1ccccc1C(O)(C#Cc1ccccc1)C#Cc1ccccc1. The van der Waals surface area contributed by atoms with Crippen molar-refractivity contribution >= 4 is 0 Å². The summed E-state index contributed by atoms with van der Waals surface area (Å²) in [4.78, 5) is 0. The first-order chi connectivity index (χ1) is 14.4. The maximum Gasteiger partial charge on any atom is 0.215 e. The molecule has 1 N–H and O–H groups in total. The molecule has 0 heterocycles. The number of benzene rings is 3. The van der Waals surface area contributed by atoms with Gasteiger partial charge in [-0.15, -0.1) is 0 Å². The lowest BCUT2D eigenvalue weighted by atomic mass is 9.89. The molecule has 0 aliphatic rings. The van der Waals surface area contributed by atoms with Gasteiger partial charge < -0.3 is 5.11 Å². The summed E-state index contributed by atoms with van der Waals surface area (Å²) in [7, 11) is 0. The Hall–Kier alpha value is -3.70. The quantitative estimate of drug-likeness (QED) is 0.555. The number of hydrogen-bond acceptors (Lipinski definition) is 1. The summed E-state index contributed by atoms with van der Waals surface area (Å²) in [6.07, 6.45) is 0. The topological polar surface area (TPSA) is 20.2 Å². The molecule has 1 nitrogen and oxygen atoms in total. The van der Waals surface area contributed by atoms with Gasteiger partial charge in [-0.3, -0.25) is 0 Å². The van der Waals surface area contributed by atoms with Crippen molar-refractivity contribution < 1.29 is 5.11 Å². The van der Waals surface area contributed by atoms with Crippen LogP contribution in [-0.2, 0) is 5.60 Å². The molecule has 0 fully saturated rings. The van der Waals surface area contributed by atoms with Gasteiger partial charge in [-0.1, -0.05) is 78.3 Å². The minimum Gasteiger partial charge on any atom is -0.363 e. The van der Waals surface area contributed by atoms with Crippen LogP contribution in [0.5, 0.6) is 0 Å². The monoisotopic (exact) mass is 388 g/mol. The van der Waals surface area contributed by atoms with Gasteiger partial charge >= 0.3 is 0 Å². The molecule has 0 aliphatic carbocycles. The van der Waals surface area contributed by atoms with Crippen LogP contribution in [0.1, 0.15) is 43.0 Å². The second kappa shape index (κ2) is 9.20. The van der Waals surface area contributed by atoms with E-state index in [0.29, 0.717) is 5.56 Å². The third kappa shape index (κ3) is 5.90. The lowest BCUT2D eigenvalue weighted by molar-refractivity contribution is 0.164. The fourth-order valence-corrected chi connectivity index (χ4v) is 2.70. The molecule has 0 radical (unpaired) electrons. The van der Waals surface area contributed by atoms with Gasteiger partial charge in [-0.25, -0.2) is 0 Å². The van der Waals surface area contributed by atoms with Crippen LogP contribution in [0.3, 0.4) is 0 Å². The molecule has 30 heavy (non-hydrogen) atoms. The van der Waals surface area contributed by atoms with E-state index in [2.05, 4.69) is 56.3 Å². The average molecular weight is 389 g/mol. The molecule has 3 aromatic rings. The van der Waals surface area contributed by atoms with Gasteiger partial charge in [-0.2, -0.15) is 0 Å². The summed E-state index contributed by atoms with van der Waals surface area (Å²) in [5.41, 5.74) is 1.13. The molecule has 0 bridgehead atoms. The standard InChI is InChI=1S/C29H24O/c1-28(2,3)21-20-26-16-10-11-17-27(26)29(30,22-18-24-12-6-4-7-13-24)23-19-25-14-8-5-9-15-25/h4-17,30H,1-3H3. The van der Waals surface area contributed by atoms with Crippen molar-refractivity contribution in [1.29, 1.82) is 0 Å². The van der Waals surface area contributed by atoms with Crippen molar-refractivity contribution in [2.24, 2.45) is 5.41 Å². The van der Waals surface area contributed by atoms with Crippen LogP contribution < -0.4 is 0 Å². The third-order valence-electron chi connectivity index (χ3n) is 4.21. The van der Waals surface area contributed by atoms with Gasteiger partial charge in [0, 0.05) is 27.7 Å². The molecule has 146 valence electrons. The molecule has 0 saturated heterocycles. The smallest absolute Gasteiger partial charge is 0.215 e. The molecule has 1 heteroatoms. The van der Waals surface area contributed by atoms with Gasteiger partial charge in [-0.05, 0) is 62.9 Å². The zero-order chi connectivity index (χ0) is 21.5. The summed E-state index contributed by atoms with van der Waals surface area (Å²) >= 11 is 0. The minimum absolute atomic E-state index is 0.156.